The Morgan fingerprint density at radius 2 is 2.75 bits per heavy atom. The third-order valence-corrected chi connectivity index (χ3v) is 0.959. The molecule has 0 aromatic heterocycles. The van der Waals surface area contributed by atoms with Crippen LogP contribution in [-0.2, 0) is 4.84 Å². The number of nitrogens with zero attached hydrogens (tertiary/aromatic N) is 2. The fourth-order valence-electron chi connectivity index (χ4n) is 0.558. The van der Waals surface area contributed by atoms with Crippen LogP contribution in [0.5, 0.6) is 0 Å². The molecule has 42 valence electrons. The lowest BCUT2D eigenvalue weighted by Crippen LogP contribution is -1.90. The van der Waals surface area contributed by atoms with E-state index in [0.717, 1.165) is 12.1 Å². The van der Waals surface area contributed by atoms with Gasteiger partial charge in [-0.3, -0.25) is 0 Å². The Labute approximate surface area is 47.5 Å². The zero-order valence-corrected chi connectivity index (χ0v) is 4.42. The maximum absolute atomic E-state index is 8.14. The van der Waals surface area contributed by atoms with Crippen LogP contribution >= 0.6 is 0 Å². The molecular weight excluding hydrogens is 104 g/mol. The van der Waals surface area contributed by atoms with Crippen molar-refractivity contribution in [2.75, 3.05) is 6.61 Å². The first-order valence-electron chi connectivity index (χ1n) is 2.48. The quantitative estimate of drug-likeness (QED) is 0.498. The van der Waals surface area contributed by atoms with Crippen molar-refractivity contribution in [3.63, 3.8) is 0 Å². The first-order valence-corrected chi connectivity index (χ1v) is 2.48. The van der Waals surface area contributed by atoms with E-state index in [2.05, 4.69) is 9.99 Å². The van der Waals surface area contributed by atoms with Crippen molar-refractivity contribution < 1.29 is 4.84 Å². The summed E-state index contributed by atoms with van der Waals surface area (Å²) in [5.41, 5.74) is 0.868. The average Bonchev–Trinajstić information content (AvgIpc) is 2.19. The van der Waals surface area contributed by atoms with Crippen LogP contribution in [0, 0.1) is 11.3 Å². The van der Waals surface area contributed by atoms with E-state index in [1.54, 1.807) is 0 Å². The van der Waals surface area contributed by atoms with Crippen molar-refractivity contribution in [1.29, 1.82) is 5.26 Å². The average molecular weight is 110 g/mol. The van der Waals surface area contributed by atoms with Gasteiger partial charge in [0.25, 0.3) is 0 Å². The predicted molar refractivity (Wildman–Crippen MR) is 28.2 cm³/mol. The molecule has 0 spiro atoms. The molecule has 0 aromatic rings. The maximum atomic E-state index is 8.14. The molecule has 8 heavy (non-hydrogen) atoms. The van der Waals surface area contributed by atoms with Gasteiger partial charge in [0.05, 0.1) is 18.2 Å². The number of hydrogen-bond donors (Lipinski definition) is 0. The third-order valence-electron chi connectivity index (χ3n) is 0.959. The first kappa shape index (κ1) is 5.10. The molecule has 0 bridgehead atoms. The molecule has 0 aromatic carbocycles. The monoisotopic (exact) mass is 110 g/mol. The van der Waals surface area contributed by atoms with Crippen molar-refractivity contribution in [2.45, 2.75) is 12.8 Å². The van der Waals surface area contributed by atoms with Crippen LogP contribution in [0.4, 0.5) is 0 Å². The van der Waals surface area contributed by atoms with Gasteiger partial charge in [0, 0.05) is 6.42 Å². The molecule has 0 radical (unpaired) electrons. The van der Waals surface area contributed by atoms with Gasteiger partial charge in [0.1, 0.15) is 6.61 Å². The van der Waals surface area contributed by atoms with Gasteiger partial charge in [-0.25, -0.2) is 0 Å². The molecule has 0 saturated carbocycles. The van der Waals surface area contributed by atoms with Crippen molar-refractivity contribution in [2.24, 2.45) is 5.16 Å². The minimum Gasteiger partial charge on any atom is -0.395 e. The Hall–Kier alpha value is -1.04. The molecule has 0 atom stereocenters. The molecule has 3 heteroatoms. The van der Waals surface area contributed by atoms with Gasteiger partial charge in [0.15, 0.2) is 0 Å². The molecule has 3 nitrogen and oxygen atoms in total. The fourth-order valence-corrected chi connectivity index (χ4v) is 0.558. The Morgan fingerprint density at radius 1 is 1.88 bits per heavy atom. The summed E-state index contributed by atoms with van der Waals surface area (Å²) in [5, 5.41) is 11.8. The van der Waals surface area contributed by atoms with Crippen molar-refractivity contribution in [3.8, 4) is 6.07 Å². The molecule has 1 aliphatic rings. The summed E-state index contributed by atoms with van der Waals surface area (Å²) in [4.78, 5) is 4.65. The molecule has 0 unspecified atom stereocenters. The largest absolute Gasteiger partial charge is 0.395 e. The second-order valence-electron chi connectivity index (χ2n) is 1.58. The fraction of sp³-hybridized carbons (Fsp3) is 0.600. The first-order chi connectivity index (χ1) is 3.93. The third kappa shape index (κ3) is 0.969. The Kier molecular flexibility index (Phi) is 1.48. The summed E-state index contributed by atoms with van der Waals surface area (Å²) in [6, 6.07) is 2.00. The molecule has 0 fully saturated rings. The lowest BCUT2D eigenvalue weighted by molar-refractivity contribution is 0.173. The van der Waals surface area contributed by atoms with E-state index in [0.29, 0.717) is 13.0 Å². The predicted octanol–water partition coefficient (Wildman–Crippen LogP) is 0.676. The molecule has 0 N–H and O–H groups in total. The standard InChI is InChI=1S/C5H6N2O/c6-3-1-5-2-4-8-7-5/h1-2,4H2. The molecule has 0 aliphatic carbocycles. The van der Waals surface area contributed by atoms with E-state index in [4.69, 9.17) is 5.26 Å². The van der Waals surface area contributed by atoms with Crippen LogP contribution in [-0.4, -0.2) is 12.3 Å². The van der Waals surface area contributed by atoms with Gasteiger partial charge in [-0.05, 0) is 0 Å². The Bertz CT molecular complexity index is 145. The van der Waals surface area contributed by atoms with Crippen LogP contribution in [0.15, 0.2) is 5.16 Å². The highest BCUT2D eigenvalue weighted by atomic mass is 16.6. The lowest BCUT2D eigenvalue weighted by Gasteiger charge is -1.79. The molecule has 1 aliphatic heterocycles. The van der Waals surface area contributed by atoms with Gasteiger partial charge in [-0.15, -0.1) is 0 Å². The topological polar surface area (TPSA) is 45.4 Å². The minimum absolute atomic E-state index is 0.417. The number of nitriles is 1. The van der Waals surface area contributed by atoms with Crippen LogP contribution in [0.3, 0.4) is 0 Å². The van der Waals surface area contributed by atoms with E-state index in [1.165, 1.54) is 0 Å². The highest BCUT2D eigenvalue weighted by molar-refractivity contribution is 5.86. The summed E-state index contributed by atoms with van der Waals surface area (Å²) < 4.78 is 0. The Balaban J connectivity index is 2.36. The summed E-state index contributed by atoms with van der Waals surface area (Å²) in [6.45, 7) is 0.650. The maximum Gasteiger partial charge on any atom is 0.122 e. The number of hydrogen-bond acceptors (Lipinski definition) is 3. The summed E-state index contributed by atoms with van der Waals surface area (Å²) in [5.74, 6) is 0. The molecular formula is C5H6N2O. The summed E-state index contributed by atoms with van der Waals surface area (Å²) >= 11 is 0. The van der Waals surface area contributed by atoms with E-state index < -0.39 is 0 Å². The SMILES string of the molecule is N#CCC1=NOCC1. The van der Waals surface area contributed by atoms with Crippen molar-refractivity contribution >= 4 is 5.71 Å². The molecule has 0 amide bonds. The summed E-state index contributed by atoms with van der Waals surface area (Å²) in [7, 11) is 0. The minimum atomic E-state index is 0.417. The Morgan fingerprint density at radius 3 is 3.25 bits per heavy atom. The van der Waals surface area contributed by atoms with Crippen LogP contribution < -0.4 is 0 Å². The zero-order chi connectivity index (χ0) is 5.82. The molecule has 0 saturated heterocycles. The van der Waals surface area contributed by atoms with E-state index in [-0.39, 0.29) is 0 Å². The van der Waals surface area contributed by atoms with Gasteiger partial charge in [0.2, 0.25) is 0 Å². The highest BCUT2D eigenvalue weighted by Crippen LogP contribution is 2.01. The smallest absolute Gasteiger partial charge is 0.122 e. The lowest BCUT2D eigenvalue weighted by atomic mass is 10.2. The number of rotatable bonds is 1. The van der Waals surface area contributed by atoms with Gasteiger partial charge in [-0.1, -0.05) is 5.16 Å². The van der Waals surface area contributed by atoms with E-state index >= 15 is 0 Å². The van der Waals surface area contributed by atoms with Crippen molar-refractivity contribution in [1.82, 2.24) is 0 Å². The zero-order valence-electron chi connectivity index (χ0n) is 4.42. The molecule has 1 rings (SSSR count). The number of oxime groups is 1. The normalized spacial score (nSPS) is 16.6. The van der Waals surface area contributed by atoms with Crippen LogP contribution in [0.25, 0.3) is 0 Å². The molecule has 1 heterocycles. The second-order valence-corrected chi connectivity index (χ2v) is 1.58. The van der Waals surface area contributed by atoms with Crippen LogP contribution in [0.2, 0.25) is 0 Å². The van der Waals surface area contributed by atoms with Gasteiger partial charge < -0.3 is 4.84 Å². The second kappa shape index (κ2) is 2.31. The van der Waals surface area contributed by atoms with E-state index in [1.807, 2.05) is 6.07 Å². The van der Waals surface area contributed by atoms with Crippen molar-refractivity contribution in [3.05, 3.63) is 0 Å². The summed E-state index contributed by atoms with van der Waals surface area (Å²) in [6.07, 6.45) is 1.24. The van der Waals surface area contributed by atoms with Crippen LogP contribution in [0.1, 0.15) is 12.8 Å². The highest BCUT2D eigenvalue weighted by Gasteiger charge is 2.05. The van der Waals surface area contributed by atoms with Gasteiger partial charge >= 0.3 is 0 Å². The van der Waals surface area contributed by atoms with E-state index in [9.17, 15) is 0 Å². The van der Waals surface area contributed by atoms with Gasteiger partial charge in [-0.2, -0.15) is 5.26 Å².